The molecule has 0 radical (unpaired) electrons. The van der Waals surface area contributed by atoms with Gasteiger partial charge in [-0.25, -0.2) is 14.8 Å². The van der Waals surface area contributed by atoms with Gasteiger partial charge < -0.3 is 14.9 Å². The molecule has 92 valence electrons. The zero-order chi connectivity index (χ0) is 12.4. The molecule has 0 atom stereocenters. The Morgan fingerprint density at radius 3 is 2.59 bits per heavy atom. The molecule has 1 aliphatic rings. The van der Waals surface area contributed by atoms with E-state index in [9.17, 15) is 4.79 Å². The van der Waals surface area contributed by atoms with E-state index in [4.69, 9.17) is 16.7 Å². The molecule has 1 aliphatic heterocycles. The zero-order valence-electron chi connectivity index (χ0n) is 9.43. The average molecular weight is 257 g/mol. The number of hydrogen-bond donors (Lipinski definition) is 1. The molecule has 1 aromatic heterocycles. The van der Waals surface area contributed by atoms with Crippen molar-refractivity contribution in [1.29, 1.82) is 0 Å². The van der Waals surface area contributed by atoms with E-state index >= 15 is 0 Å². The van der Waals surface area contributed by atoms with Gasteiger partial charge in [0.15, 0.2) is 11.5 Å². The van der Waals surface area contributed by atoms with Crippen molar-refractivity contribution in [3.05, 3.63) is 17.0 Å². The Hall–Kier alpha value is -1.40. The van der Waals surface area contributed by atoms with Crippen molar-refractivity contribution in [2.45, 2.75) is 0 Å². The zero-order valence-corrected chi connectivity index (χ0v) is 10.2. The number of nitrogens with zero attached hydrogens (tertiary/aromatic N) is 4. The molecule has 0 aliphatic carbocycles. The van der Waals surface area contributed by atoms with Crippen LogP contribution >= 0.6 is 11.6 Å². The number of rotatable bonds is 2. The van der Waals surface area contributed by atoms with Crippen LogP contribution in [0.25, 0.3) is 0 Å². The van der Waals surface area contributed by atoms with Gasteiger partial charge in [0.1, 0.15) is 11.3 Å². The van der Waals surface area contributed by atoms with Crippen molar-refractivity contribution in [3.8, 4) is 0 Å². The summed E-state index contributed by atoms with van der Waals surface area (Å²) in [5, 5.41) is 9.04. The summed E-state index contributed by atoms with van der Waals surface area (Å²) < 4.78 is 0. The maximum atomic E-state index is 10.9. The van der Waals surface area contributed by atoms with Gasteiger partial charge in [-0.2, -0.15) is 0 Å². The van der Waals surface area contributed by atoms with E-state index < -0.39 is 5.97 Å². The number of likely N-dealkylation sites (N-methyl/N-ethyl adjacent to an activating group) is 1. The van der Waals surface area contributed by atoms with Crippen LogP contribution in [0.5, 0.6) is 0 Å². The van der Waals surface area contributed by atoms with Crippen LogP contribution in [0.1, 0.15) is 10.5 Å². The number of aromatic carboxylic acids is 1. The molecule has 1 aromatic rings. The van der Waals surface area contributed by atoms with Crippen LogP contribution in [0.2, 0.25) is 5.02 Å². The molecule has 0 bridgehead atoms. The summed E-state index contributed by atoms with van der Waals surface area (Å²) in [6.07, 6.45) is 1.24. The normalized spacial score (nSPS) is 17.2. The van der Waals surface area contributed by atoms with E-state index in [0.717, 1.165) is 26.2 Å². The van der Waals surface area contributed by atoms with Gasteiger partial charge in [0.2, 0.25) is 0 Å². The quantitative estimate of drug-likeness (QED) is 0.835. The molecule has 7 heteroatoms. The Labute approximate surface area is 104 Å². The second-order valence-electron chi connectivity index (χ2n) is 3.96. The maximum Gasteiger partial charge on any atom is 0.356 e. The largest absolute Gasteiger partial charge is 0.476 e. The summed E-state index contributed by atoms with van der Waals surface area (Å²) >= 11 is 6.01. The number of halogens is 1. The molecular weight excluding hydrogens is 244 g/mol. The number of piperazine rings is 1. The molecule has 0 amide bonds. The summed E-state index contributed by atoms with van der Waals surface area (Å²) in [6.45, 7) is 3.38. The minimum absolute atomic E-state index is 0.115. The molecule has 0 spiro atoms. The van der Waals surface area contributed by atoms with Crippen LogP contribution in [0, 0.1) is 0 Å². The third kappa shape index (κ3) is 2.48. The third-order valence-electron chi connectivity index (χ3n) is 2.78. The number of carbonyl (C=O) groups is 1. The molecule has 2 rings (SSSR count). The lowest BCUT2D eigenvalue weighted by molar-refractivity contribution is 0.0690. The molecule has 1 saturated heterocycles. The van der Waals surface area contributed by atoms with E-state index in [-0.39, 0.29) is 10.7 Å². The van der Waals surface area contributed by atoms with Gasteiger partial charge >= 0.3 is 5.97 Å². The van der Waals surface area contributed by atoms with Gasteiger partial charge in [-0.05, 0) is 7.05 Å². The Bertz CT molecular complexity index is 432. The lowest BCUT2D eigenvalue weighted by Crippen LogP contribution is -2.45. The lowest BCUT2D eigenvalue weighted by Gasteiger charge is -2.33. The molecular formula is C10H13ClN4O2. The van der Waals surface area contributed by atoms with Crippen LogP contribution in [0.15, 0.2) is 6.33 Å². The molecule has 0 aromatic carbocycles. The van der Waals surface area contributed by atoms with Gasteiger partial charge in [-0.1, -0.05) is 11.6 Å². The third-order valence-corrected chi connectivity index (χ3v) is 3.12. The SMILES string of the molecule is CN1CCN(c2ncnc(C(=O)O)c2Cl)CC1. The minimum atomic E-state index is -1.13. The van der Waals surface area contributed by atoms with Gasteiger partial charge in [-0.15, -0.1) is 0 Å². The molecule has 2 heterocycles. The van der Waals surface area contributed by atoms with E-state index in [1.165, 1.54) is 6.33 Å². The van der Waals surface area contributed by atoms with Crippen molar-refractivity contribution in [2.75, 3.05) is 38.1 Å². The monoisotopic (exact) mass is 256 g/mol. The van der Waals surface area contributed by atoms with Crippen molar-refractivity contribution in [3.63, 3.8) is 0 Å². The maximum absolute atomic E-state index is 10.9. The molecule has 1 N–H and O–H groups in total. The van der Waals surface area contributed by atoms with Crippen molar-refractivity contribution in [1.82, 2.24) is 14.9 Å². The smallest absolute Gasteiger partial charge is 0.356 e. The van der Waals surface area contributed by atoms with E-state index in [0.29, 0.717) is 5.82 Å². The fourth-order valence-electron chi connectivity index (χ4n) is 1.75. The van der Waals surface area contributed by atoms with Gasteiger partial charge in [-0.3, -0.25) is 0 Å². The molecule has 0 unspecified atom stereocenters. The Kier molecular flexibility index (Phi) is 3.44. The number of carboxylic acids is 1. The lowest BCUT2D eigenvalue weighted by atomic mass is 10.3. The molecule has 0 saturated carbocycles. The van der Waals surface area contributed by atoms with Crippen molar-refractivity contribution < 1.29 is 9.90 Å². The number of carboxylic acid groups (broad SMARTS) is 1. The molecule has 1 fully saturated rings. The predicted octanol–water partition coefficient (Wildman–Crippen LogP) is 0.580. The summed E-state index contributed by atoms with van der Waals surface area (Å²) in [7, 11) is 2.04. The van der Waals surface area contributed by atoms with Crippen molar-refractivity contribution >= 4 is 23.4 Å². The summed E-state index contributed by atoms with van der Waals surface area (Å²) in [5.41, 5.74) is -0.143. The summed E-state index contributed by atoms with van der Waals surface area (Å²) in [6, 6.07) is 0. The Balaban J connectivity index is 2.27. The number of anilines is 1. The fraction of sp³-hybridized carbons (Fsp3) is 0.500. The van der Waals surface area contributed by atoms with Crippen LogP contribution in [-0.4, -0.2) is 59.2 Å². The highest BCUT2D eigenvalue weighted by Gasteiger charge is 2.22. The summed E-state index contributed by atoms with van der Waals surface area (Å²) in [4.78, 5) is 22.8. The Morgan fingerprint density at radius 1 is 1.35 bits per heavy atom. The van der Waals surface area contributed by atoms with Crippen molar-refractivity contribution in [2.24, 2.45) is 0 Å². The first-order valence-electron chi connectivity index (χ1n) is 5.27. The highest BCUT2D eigenvalue weighted by molar-refractivity contribution is 6.35. The van der Waals surface area contributed by atoms with E-state index in [1.807, 2.05) is 11.9 Å². The second kappa shape index (κ2) is 4.85. The average Bonchev–Trinajstić information content (AvgIpc) is 2.30. The number of hydrogen-bond acceptors (Lipinski definition) is 5. The highest BCUT2D eigenvalue weighted by Crippen LogP contribution is 2.26. The van der Waals surface area contributed by atoms with E-state index in [1.54, 1.807) is 0 Å². The second-order valence-corrected chi connectivity index (χ2v) is 4.33. The summed E-state index contributed by atoms with van der Waals surface area (Å²) in [5.74, 6) is -0.625. The number of aromatic nitrogens is 2. The van der Waals surface area contributed by atoms with Crippen LogP contribution in [0.3, 0.4) is 0 Å². The van der Waals surface area contributed by atoms with Crippen LogP contribution < -0.4 is 4.90 Å². The Morgan fingerprint density at radius 2 is 2.00 bits per heavy atom. The molecule has 17 heavy (non-hydrogen) atoms. The highest BCUT2D eigenvalue weighted by atomic mass is 35.5. The van der Waals surface area contributed by atoms with Gasteiger partial charge in [0, 0.05) is 26.2 Å². The first-order valence-corrected chi connectivity index (χ1v) is 5.64. The van der Waals surface area contributed by atoms with E-state index in [2.05, 4.69) is 14.9 Å². The minimum Gasteiger partial charge on any atom is -0.476 e. The van der Waals surface area contributed by atoms with Gasteiger partial charge in [0.05, 0.1) is 0 Å². The standard InChI is InChI=1S/C10H13ClN4O2/c1-14-2-4-15(5-3-14)9-7(11)8(10(16)17)12-6-13-9/h6H,2-5H2,1H3,(H,16,17). The topological polar surface area (TPSA) is 69.6 Å². The predicted molar refractivity (Wildman–Crippen MR) is 63.7 cm³/mol. The van der Waals surface area contributed by atoms with Crippen LogP contribution in [-0.2, 0) is 0 Å². The first-order chi connectivity index (χ1) is 8.09. The molecule has 6 nitrogen and oxygen atoms in total. The fourth-order valence-corrected chi connectivity index (χ4v) is 2.05. The van der Waals surface area contributed by atoms with Gasteiger partial charge in [0.25, 0.3) is 0 Å². The first kappa shape index (κ1) is 12.1. The van der Waals surface area contributed by atoms with Crippen LogP contribution in [0.4, 0.5) is 5.82 Å².